The summed E-state index contributed by atoms with van der Waals surface area (Å²) < 4.78 is 3.01. The predicted molar refractivity (Wildman–Crippen MR) is 130 cm³/mol. The number of benzene rings is 1. The van der Waals surface area contributed by atoms with Crippen molar-refractivity contribution in [2.75, 3.05) is 12.3 Å². The van der Waals surface area contributed by atoms with Gasteiger partial charge < -0.3 is 20.6 Å². The van der Waals surface area contributed by atoms with Crippen LogP contribution in [0.5, 0.6) is 0 Å². The highest BCUT2D eigenvalue weighted by atomic mass is 32.1. The number of aryl methyl sites for hydroxylation is 1. The van der Waals surface area contributed by atoms with E-state index < -0.39 is 0 Å². The number of aromatic nitrogens is 4. The van der Waals surface area contributed by atoms with Crippen LogP contribution in [0.2, 0.25) is 0 Å². The molecule has 0 fully saturated rings. The van der Waals surface area contributed by atoms with Gasteiger partial charge in [-0.1, -0.05) is 6.07 Å². The number of thiophene rings is 1. The van der Waals surface area contributed by atoms with Gasteiger partial charge in [0.1, 0.15) is 5.82 Å². The quantitative estimate of drug-likeness (QED) is 0.256. The van der Waals surface area contributed by atoms with Crippen LogP contribution in [0.3, 0.4) is 0 Å². The van der Waals surface area contributed by atoms with Gasteiger partial charge in [-0.15, -0.1) is 11.3 Å². The fourth-order valence-corrected chi connectivity index (χ4v) is 4.83. The summed E-state index contributed by atoms with van der Waals surface area (Å²) in [6.45, 7) is 1.42. The topological polar surface area (TPSA) is 102 Å². The van der Waals surface area contributed by atoms with Crippen LogP contribution in [0.1, 0.15) is 12.0 Å². The largest absolute Gasteiger partial charge is 0.383 e. The molecule has 5 aromatic rings. The lowest BCUT2D eigenvalue weighted by molar-refractivity contribution is -0.116. The fraction of sp³-hybridized carbons (Fsp3) is 0.125. The number of hydrogen-bond donors (Lipinski definition) is 3. The molecule has 4 N–H and O–H groups in total. The lowest BCUT2D eigenvalue weighted by Crippen LogP contribution is -2.22. The Morgan fingerprint density at radius 2 is 2.25 bits per heavy atom. The Hall–Kier alpha value is -3.91. The van der Waals surface area contributed by atoms with E-state index in [4.69, 9.17) is 5.73 Å². The minimum Gasteiger partial charge on any atom is -0.383 e. The van der Waals surface area contributed by atoms with Crippen LogP contribution in [0, 0.1) is 0 Å². The second kappa shape index (κ2) is 8.68. The SMILES string of the molecule is Nc1ncc(/C=C/C(=O)NCCCn2ccnc2)c2scc(-c3ccc4[nH]ccc4c3)c12. The molecule has 0 bridgehead atoms. The summed E-state index contributed by atoms with van der Waals surface area (Å²) >= 11 is 1.61. The van der Waals surface area contributed by atoms with Gasteiger partial charge >= 0.3 is 0 Å². The molecule has 0 saturated heterocycles. The highest BCUT2D eigenvalue weighted by Gasteiger charge is 2.14. The predicted octanol–water partition coefficient (Wildman–Crippen LogP) is 4.44. The lowest BCUT2D eigenvalue weighted by atomic mass is 10.0. The van der Waals surface area contributed by atoms with Crippen LogP contribution >= 0.6 is 11.3 Å². The van der Waals surface area contributed by atoms with E-state index in [9.17, 15) is 4.79 Å². The first-order valence-corrected chi connectivity index (χ1v) is 11.2. The van der Waals surface area contributed by atoms with Crippen molar-refractivity contribution in [1.82, 2.24) is 24.8 Å². The molecule has 1 aromatic carbocycles. The molecular formula is C24H22N6OS. The normalized spacial score (nSPS) is 11.6. The van der Waals surface area contributed by atoms with Crippen LogP contribution in [0.25, 0.3) is 38.2 Å². The first kappa shape index (κ1) is 20.0. The van der Waals surface area contributed by atoms with Crippen molar-refractivity contribution in [3.8, 4) is 11.1 Å². The summed E-state index contributed by atoms with van der Waals surface area (Å²) in [5.74, 6) is 0.363. The number of pyridine rings is 1. The van der Waals surface area contributed by atoms with E-state index in [1.54, 1.807) is 42.2 Å². The molecule has 0 aliphatic carbocycles. The van der Waals surface area contributed by atoms with E-state index in [2.05, 4.69) is 49.9 Å². The van der Waals surface area contributed by atoms with E-state index in [1.165, 1.54) is 0 Å². The zero-order valence-corrected chi connectivity index (χ0v) is 18.1. The van der Waals surface area contributed by atoms with Crippen molar-refractivity contribution in [2.24, 2.45) is 0 Å². The number of hydrogen-bond acceptors (Lipinski definition) is 5. The zero-order valence-electron chi connectivity index (χ0n) is 17.3. The molecule has 5 rings (SSSR count). The van der Waals surface area contributed by atoms with Gasteiger partial charge in [0.2, 0.25) is 5.91 Å². The molecule has 8 heteroatoms. The van der Waals surface area contributed by atoms with Crippen LogP contribution < -0.4 is 11.1 Å². The van der Waals surface area contributed by atoms with Crippen LogP contribution in [0.4, 0.5) is 5.82 Å². The number of carbonyl (C=O) groups is 1. The lowest BCUT2D eigenvalue weighted by Gasteiger charge is -2.05. The van der Waals surface area contributed by atoms with E-state index in [1.807, 2.05) is 17.0 Å². The zero-order chi connectivity index (χ0) is 21.9. The molecule has 0 aliphatic rings. The summed E-state index contributed by atoms with van der Waals surface area (Å²) in [6.07, 6.45) is 13.3. The van der Waals surface area contributed by atoms with E-state index in [-0.39, 0.29) is 5.91 Å². The Labute approximate surface area is 188 Å². The molecule has 0 unspecified atom stereocenters. The monoisotopic (exact) mass is 442 g/mol. The third-order valence-corrected chi connectivity index (χ3v) is 6.41. The maximum atomic E-state index is 12.2. The number of anilines is 1. The first-order chi connectivity index (χ1) is 15.7. The van der Waals surface area contributed by atoms with E-state index >= 15 is 0 Å². The van der Waals surface area contributed by atoms with Crippen LogP contribution in [-0.4, -0.2) is 32.0 Å². The molecule has 0 atom stereocenters. The molecule has 160 valence electrons. The van der Waals surface area contributed by atoms with Gasteiger partial charge in [-0.3, -0.25) is 4.79 Å². The number of aromatic amines is 1. The highest BCUT2D eigenvalue weighted by Crippen LogP contribution is 2.39. The summed E-state index contributed by atoms with van der Waals surface area (Å²) in [5.41, 5.74) is 10.4. The Bertz CT molecular complexity index is 1410. The second-order valence-electron chi connectivity index (χ2n) is 7.51. The second-order valence-corrected chi connectivity index (χ2v) is 8.39. The number of fused-ring (bicyclic) bond motifs is 2. The molecular weight excluding hydrogens is 420 g/mol. The van der Waals surface area contributed by atoms with E-state index in [0.717, 1.165) is 50.6 Å². The Morgan fingerprint density at radius 1 is 1.31 bits per heavy atom. The van der Waals surface area contributed by atoms with Crippen molar-refractivity contribution in [3.05, 3.63) is 72.4 Å². The summed E-state index contributed by atoms with van der Waals surface area (Å²) in [5, 5.41) is 7.09. The van der Waals surface area contributed by atoms with Crippen LogP contribution in [-0.2, 0) is 11.3 Å². The number of amides is 1. The Morgan fingerprint density at radius 3 is 3.12 bits per heavy atom. The van der Waals surface area contributed by atoms with Gasteiger partial charge in [0.05, 0.1) is 6.33 Å². The number of rotatable bonds is 7. The van der Waals surface area contributed by atoms with Crippen molar-refractivity contribution in [2.45, 2.75) is 13.0 Å². The van der Waals surface area contributed by atoms with Gasteiger partial charge in [-0.2, -0.15) is 0 Å². The third-order valence-electron chi connectivity index (χ3n) is 5.38. The molecule has 0 spiro atoms. The highest BCUT2D eigenvalue weighted by molar-refractivity contribution is 7.18. The maximum Gasteiger partial charge on any atom is 0.244 e. The molecule has 1 amide bonds. The van der Waals surface area contributed by atoms with Crippen molar-refractivity contribution >= 4 is 50.1 Å². The summed E-state index contributed by atoms with van der Waals surface area (Å²) in [7, 11) is 0. The number of nitrogens with two attached hydrogens (primary N) is 1. The average Bonchev–Trinajstić information content (AvgIpc) is 3.56. The van der Waals surface area contributed by atoms with Crippen molar-refractivity contribution in [3.63, 3.8) is 0 Å². The minimum absolute atomic E-state index is 0.129. The fourth-order valence-electron chi connectivity index (χ4n) is 3.76. The van der Waals surface area contributed by atoms with Gasteiger partial charge in [0.25, 0.3) is 0 Å². The van der Waals surface area contributed by atoms with Crippen LogP contribution in [0.15, 0.2) is 66.8 Å². The summed E-state index contributed by atoms with van der Waals surface area (Å²) in [6, 6.07) is 8.35. The molecule has 32 heavy (non-hydrogen) atoms. The molecule has 4 aromatic heterocycles. The first-order valence-electron chi connectivity index (χ1n) is 10.3. The van der Waals surface area contributed by atoms with Crippen molar-refractivity contribution in [1.29, 1.82) is 0 Å². The molecule has 4 heterocycles. The molecule has 0 radical (unpaired) electrons. The van der Waals surface area contributed by atoms with Crippen molar-refractivity contribution < 1.29 is 4.79 Å². The Balaban J connectivity index is 1.33. The van der Waals surface area contributed by atoms with E-state index in [0.29, 0.717) is 12.4 Å². The number of carbonyl (C=O) groups excluding carboxylic acids is 1. The van der Waals surface area contributed by atoms with Gasteiger partial charge in [0.15, 0.2) is 0 Å². The smallest absolute Gasteiger partial charge is 0.244 e. The number of nitrogen functional groups attached to an aromatic ring is 1. The molecule has 0 saturated carbocycles. The van der Waals surface area contributed by atoms with Gasteiger partial charge in [-0.05, 0) is 47.0 Å². The molecule has 7 nitrogen and oxygen atoms in total. The Kier molecular flexibility index (Phi) is 5.43. The number of nitrogens with one attached hydrogen (secondary N) is 2. The maximum absolute atomic E-state index is 12.2. The van der Waals surface area contributed by atoms with Gasteiger partial charge in [-0.25, -0.2) is 9.97 Å². The number of nitrogens with zero attached hydrogens (tertiary/aromatic N) is 3. The minimum atomic E-state index is -0.129. The number of imidazole rings is 1. The third kappa shape index (κ3) is 4.00. The number of H-pyrrole nitrogens is 1. The standard InChI is InChI=1S/C24H22N6OS/c25-24-22-19(16-2-4-20-17(12-16)6-8-27-20)14-32-23(22)18(13-29-24)3-5-21(31)28-7-1-10-30-11-9-26-15-30/h2-6,8-9,11-15,27H,1,7,10H2,(H2,25,29)(H,28,31)/b5-3+. The average molecular weight is 443 g/mol. The molecule has 0 aliphatic heterocycles. The van der Waals surface area contributed by atoms with Gasteiger partial charge in [0, 0.05) is 70.7 Å². The summed E-state index contributed by atoms with van der Waals surface area (Å²) in [4.78, 5) is 23.9.